The Morgan fingerprint density at radius 3 is 2.56 bits per heavy atom. The highest BCUT2D eigenvalue weighted by molar-refractivity contribution is 6.05. The zero-order chi connectivity index (χ0) is 28.7. The quantitative estimate of drug-likeness (QED) is 0.257. The summed E-state index contributed by atoms with van der Waals surface area (Å²) in [7, 11) is 0. The molecule has 1 unspecified atom stereocenters. The number of hydrogen-bond acceptors (Lipinski definition) is 10. The molecule has 2 heterocycles. The summed E-state index contributed by atoms with van der Waals surface area (Å²) >= 11 is 0. The van der Waals surface area contributed by atoms with E-state index in [-0.39, 0.29) is 18.0 Å². The third-order valence-corrected chi connectivity index (χ3v) is 5.88. The maximum atomic E-state index is 13.3. The number of fused-ring (bicyclic) bond motifs is 1. The summed E-state index contributed by atoms with van der Waals surface area (Å²) in [4.78, 5) is 55.0. The van der Waals surface area contributed by atoms with E-state index in [4.69, 9.17) is 15.2 Å². The second-order valence-corrected chi connectivity index (χ2v) is 8.81. The van der Waals surface area contributed by atoms with Gasteiger partial charge in [-0.1, -0.05) is 13.0 Å². The number of aromatic nitrogens is 3. The van der Waals surface area contributed by atoms with E-state index in [0.717, 1.165) is 16.9 Å². The molecule has 0 aliphatic rings. The minimum atomic E-state index is -0.979. The number of nitrogens with zero attached hydrogens (tertiary/aromatic N) is 4. The number of nitrogens with one attached hydrogen (secondary N) is 2. The molecular formula is C26H33N7O6. The van der Waals surface area contributed by atoms with Gasteiger partial charge in [-0.05, 0) is 57.4 Å². The molecule has 2 aromatic heterocycles. The summed E-state index contributed by atoms with van der Waals surface area (Å²) in [5.74, 6) is -1.14. The number of esters is 1. The SMILES string of the molecule is CCCNC(=O)c1ccc(C)c(Nc2ncnn3cc(C(=O)N(CC)C(=O)OCOC(=O)C(C)N)c(C)c23)c1. The molecule has 4 N–H and O–H groups in total. The first-order valence-electron chi connectivity index (χ1n) is 12.5. The maximum Gasteiger partial charge on any atom is 0.419 e. The summed E-state index contributed by atoms with van der Waals surface area (Å²) < 4.78 is 11.2. The van der Waals surface area contributed by atoms with Gasteiger partial charge in [0.15, 0.2) is 5.82 Å². The Labute approximate surface area is 225 Å². The largest absolute Gasteiger partial charge is 0.427 e. The number of nitrogens with two attached hydrogens (primary N) is 1. The van der Waals surface area contributed by atoms with E-state index in [1.165, 1.54) is 24.0 Å². The topological polar surface area (TPSA) is 170 Å². The first-order valence-corrected chi connectivity index (χ1v) is 12.5. The predicted molar refractivity (Wildman–Crippen MR) is 143 cm³/mol. The zero-order valence-electron chi connectivity index (χ0n) is 22.6. The van der Waals surface area contributed by atoms with Crippen LogP contribution in [0.25, 0.3) is 5.52 Å². The number of benzene rings is 1. The molecule has 39 heavy (non-hydrogen) atoms. The van der Waals surface area contributed by atoms with Crippen molar-refractivity contribution >= 4 is 40.9 Å². The first kappa shape index (κ1) is 29.0. The van der Waals surface area contributed by atoms with Gasteiger partial charge in [0.1, 0.15) is 17.9 Å². The number of hydrogen-bond donors (Lipinski definition) is 3. The lowest BCUT2D eigenvalue weighted by Gasteiger charge is -2.18. The third-order valence-electron chi connectivity index (χ3n) is 5.88. The Morgan fingerprint density at radius 1 is 1.15 bits per heavy atom. The van der Waals surface area contributed by atoms with Crippen molar-refractivity contribution in [1.29, 1.82) is 0 Å². The molecule has 13 nitrogen and oxygen atoms in total. The molecule has 0 radical (unpaired) electrons. The maximum absolute atomic E-state index is 13.3. The van der Waals surface area contributed by atoms with Crippen LogP contribution in [0, 0.1) is 13.8 Å². The van der Waals surface area contributed by atoms with Crippen molar-refractivity contribution in [3.63, 3.8) is 0 Å². The summed E-state index contributed by atoms with van der Waals surface area (Å²) in [6.07, 6.45) is 2.67. The number of carbonyl (C=O) groups excluding carboxylic acids is 4. The molecule has 3 amide bonds. The van der Waals surface area contributed by atoms with Crippen molar-refractivity contribution in [2.75, 3.05) is 25.2 Å². The van der Waals surface area contributed by atoms with Crippen LogP contribution >= 0.6 is 0 Å². The Balaban J connectivity index is 1.87. The van der Waals surface area contributed by atoms with Crippen LogP contribution in [-0.2, 0) is 14.3 Å². The van der Waals surface area contributed by atoms with Crippen molar-refractivity contribution in [3.05, 3.63) is 53.0 Å². The van der Waals surface area contributed by atoms with Crippen LogP contribution in [0.2, 0.25) is 0 Å². The molecule has 0 bridgehead atoms. The van der Waals surface area contributed by atoms with E-state index >= 15 is 0 Å². The lowest BCUT2D eigenvalue weighted by atomic mass is 10.1. The fourth-order valence-corrected chi connectivity index (χ4v) is 3.68. The van der Waals surface area contributed by atoms with Crippen molar-refractivity contribution in [2.24, 2.45) is 5.73 Å². The van der Waals surface area contributed by atoms with Gasteiger partial charge in [0.2, 0.25) is 6.79 Å². The fourth-order valence-electron chi connectivity index (χ4n) is 3.68. The Bertz CT molecular complexity index is 1380. The summed E-state index contributed by atoms with van der Waals surface area (Å²) in [5, 5.41) is 10.3. The second-order valence-electron chi connectivity index (χ2n) is 8.81. The van der Waals surface area contributed by atoms with Gasteiger partial charge in [-0.25, -0.2) is 19.2 Å². The number of aryl methyl sites for hydroxylation is 2. The van der Waals surface area contributed by atoms with Crippen LogP contribution in [0.1, 0.15) is 59.0 Å². The monoisotopic (exact) mass is 539 g/mol. The second kappa shape index (κ2) is 12.8. The van der Waals surface area contributed by atoms with Gasteiger partial charge in [-0.3, -0.25) is 14.4 Å². The Kier molecular flexibility index (Phi) is 9.55. The Hall–Kier alpha value is -4.52. The highest BCUT2D eigenvalue weighted by atomic mass is 16.7. The molecule has 0 aliphatic heterocycles. The van der Waals surface area contributed by atoms with E-state index in [1.54, 1.807) is 26.0 Å². The minimum absolute atomic E-state index is 0.00735. The predicted octanol–water partition coefficient (Wildman–Crippen LogP) is 2.68. The van der Waals surface area contributed by atoms with E-state index in [1.807, 2.05) is 19.9 Å². The molecule has 208 valence electrons. The molecule has 0 saturated heterocycles. The van der Waals surface area contributed by atoms with Crippen LogP contribution < -0.4 is 16.4 Å². The van der Waals surface area contributed by atoms with Gasteiger partial charge in [0, 0.05) is 30.5 Å². The number of carbonyl (C=O) groups is 4. The van der Waals surface area contributed by atoms with Crippen molar-refractivity contribution < 1.29 is 28.7 Å². The van der Waals surface area contributed by atoms with E-state index in [9.17, 15) is 19.2 Å². The summed E-state index contributed by atoms with van der Waals surface area (Å²) in [6, 6.07) is 4.43. The van der Waals surface area contributed by atoms with Crippen molar-refractivity contribution in [1.82, 2.24) is 24.8 Å². The van der Waals surface area contributed by atoms with Crippen LogP contribution in [0.3, 0.4) is 0 Å². The molecule has 0 saturated carbocycles. The van der Waals surface area contributed by atoms with Gasteiger partial charge in [0.25, 0.3) is 11.8 Å². The average Bonchev–Trinajstić information content (AvgIpc) is 3.25. The summed E-state index contributed by atoms with van der Waals surface area (Å²) in [5.41, 5.74) is 8.67. The number of anilines is 2. The summed E-state index contributed by atoms with van der Waals surface area (Å²) in [6.45, 7) is 8.53. The fraction of sp³-hybridized carbons (Fsp3) is 0.385. The molecule has 1 atom stereocenters. The molecule has 3 rings (SSSR count). The standard InChI is InChI=1S/C26H33N7O6/c1-6-10-28-23(34)18-9-8-15(3)20(11-18)31-22-21-16(4)19(12-33(21)30-13-29-22)24(35)32(7-2)26(37)39-14-38-25(36)17(5)27/h8-9,11-13,17H,6-7,10,14,27H2,1-5H3,(H,28,34)(H,29,30,31). The van der Waals surface area contributed by atoms with E-state index < -0.39 is 30.8 Å². The van der Waals surface area contributed by atoms with Crippen LogP contribution in [0.4, 0.5) is 16.3 Å². The first-order chi connectivity index (χ1) is 18.6. The van der Waals surface area contributed by atoms with Crippen LogP contribution in [-0.4, -0.2) is 69.3 Å². The molecule has 13 heteroatoms. The van der Waals surface area contributed by atoms with Gasteiger partial charge < -0.3 is 25.8 Å². The van der Waals surface area contributed by atoms with Gasteiger partial charge in [-0.2, -0.15) is 5.10 Å². The smallest absolute Gasteiger partial charge is 0.419 e. The van der Waals surface area contributed by atoms with E-state index in [0.29, 0.717) is 34.7 Å². The molecule has 0 fully saturated rings. The van der Waals surface area contributed by atoms with Crippen LogP contribution in [0.15, 0.2) is 30.7 Å². The highest BCUT2D eigenvalue weighted by Crippen LogP contribution is 2.28. The highest BCUT2D eigenvalue weighted by Gasteiger charge is 2.27. The Morgan fingerprint density at radius 2 is 1.90 bits per heavy atom. The average molecular weight is 540 g/mol. The van der Waals surface area contributed by atoms with Gasteiger partial charge in [0.05, 0.1) is 5.56 Å². The lowest BCUT2D eigenvalue weighted by molar-refractivity contribution is -0.153. The van der Waals surface area contributed by atoms with Gasteiger partial charge in [-0.15, -0.1) is 0 Å². The van der Waals surface area contributed by atoms with Crippen molar-refractivity contribution in [3.8, 4) is 0 Å². The molecule has 1 aromatic carbocycles. The number of rotatable bonds is 10. The van der Waals surface area contributed by atoms with E-state index in [2.05, 4.69) is 20.7 Å². The lowest BCUT2D eigenvalue weighted by Crippen LogP contribution is -2.38. The number of imide groups is 1. The number of ether oxygens (including phenoxy) is 2. The molecular weight excluding hydrogens is 506 g/mol. The molecule has 0 aliphatic carbocycles. The van der Waals surface area contributed by atoms with Gasteiger partial charge >= 0.3 is 12.1 Å². The third kappa shape index (κ3) is 6.68. The van der Waals surface area contributed by atoms with Crippen molar-refractivity contribution in [2.45, 2.75) is 47.1 Å². The zero-order valence-corrected chi connectivity index (χ0v) is 22.6. The number of amides is 3. The van der Waals surface area contributed by atoms with Crippen LogP contribution in [0.5, 0.6) is 0 Å². The minimum Gasteiger partial charge on any atom is -0.427 e. The molecule has 0 spiro atoms. The normalized spacial score (nSPS) is 11.5. The molecule has 3 aromatic rings.